The van der Waals surface area contributed by atoms with E-state index in [1.165, 1.54) is 12.1 Å². The number of ketones is 1. The normalized spacial score (nSPS) is 19.7. The van der Waals surface area contributed by atoms with Crippen molar-refractivity contribution in [2.24, 2.45) is 5.10 Å². The Morgan fingerprint density at radius 2 is 1.81 bits per heavy atom. The van der Waals surface area contributed by atoms with Crippen LogP contribution < -0.4 is 0 Å². The van der Waals surface area contributed by atoms with Gasteiger partial charge in [0.1, 0.15) is 5.82 Å². The average Bonchev–Trinajstić information content (AvgIpc) is 2.45. The molecule has 0 radical (unpaired) electrons. The van der Waals surface area contributed by atoms with Crippen LogP contribution in [0.15, 0.2) is 46.6 Å². The number of halogens is 1. The van der Waals surface area contributed by atoms with Crippen LogP contribution in [0, 0.1) is 5.82 Å². The molecule has 0 atom stereocenters. The number of Topliss-reactive ketones (excluding diaryl/α,β-unsaturated/α-hetero) is 1. The van der Waals surface area contributed by atoms with Crippen LogP contribution in [0.3, 0.4) is 0 Å². The first-order valence-electron chi connectivity index (χ1n) is 6.97. The lowest BCUT2D eigenvalue weighted by Gasteiger charge is -2.16. The van der Waals surface area contributed by atoms with E-state index in [0.717, 1.165) is 36.0 Å². The van der Waals surface area contributed by atoms with E-state index in [9.17, 15) is 9.18 Å². The Bertz CT molecular complexity index is 598. The summed E-state index contributed by atoms with van der Waals surface area (Å²) in [6.07, 6.45) is 7.75. The smallest absolute Gasteiger partial charge is 0.185 e. The van der Waals surface area contributed by atoms with Crippen molar-refractivity contribution in [3.8, 4) is 0 Å². The molecule has 0 aromatic heterocycles. The minimum atomic E-state index is -0.271. The quantitative estimate of drug-likeness (QED) is 0.484. The molecule has 0 aliphatic heterocycles. The van der Waals surface area contributed by atoms with Crippen LogP contribution in [0.1, 0.15) is 24.8 Å². The maximum Gasteiger partial charge on any atom is 0.185 e. The molecule has 1 fully saturated rings. The molecule has 0 N–H and O–H groups in total. The van der Waals surface area contributed by atoms with E-state index in [1.807, 2.05) is 20.2 Å². The fraction of sp³-hybridized carbons (Fsp3) is 0.294. The highest BCUT2D eigenvalue weighted by Crippen LogP contribution is 2.26. The first kappa shape index (κ1) is 15.2. The predicted octanol–water partition coefficient (Wildman–Crippen LogP) is 3.44. The molecule has 0 bridgehead atoms. The van der Waals surface area contributed by atoms with Crippen molar-refractivity contribution >= 4 is 18.1 Å². The van der Waals surface area contributed by atoms with E-state index in [2.05, 4.69) is 5.10 Å². The second-order valence-corrected chi connectivity index (χ2v) is 5.21. The van der Waals surface area contributed by atoms with Crippen molar-refractivity contribution in [3.63, 3.8) is 0 Å². The maximum absolute atomic E-state index is 12.9. The molecule has 0 spiro atoms. The summed E-state index contributed by atoms with van der Waals surface area (Å²) < 4.78 is 12.9. The second kappa shape index (κ2) is 6.97. The highest BCUT2D eigenvalue weighted by Gasteiger charge is 2.19. The zero-order valence-corrected chi connectivity index (χ0v) is 12.3. The van der Waals surface area contributed by atoms with Gasteiger partial charge in [-0.15, -0.1) is 0 Å². The van der Waals surface area contributed by atoms with Gasteiger partial charge >= 0.3 is 0 Å². The third-order valence-electron chi connectivity index (χ3n) is 3.26. The van der Waals surface area contributed by atoms with Crippen molar-refractivity contribution < 1.29 is 9.18 Å². The third-order valence-corrected chi connectivity index (χ3v) is 3.26. The largest absolute Gasteiger partial charge is 0.303 e. The van der Waals surface area contributed by atoms with E-state index < -0.39 is 0 Å². The average molecular weight is 286 g/mol. The first-order valence-corrected chi connectivity index (χ1v) is 6.97. The van der Waals surface area contributed by atoms with Gasteiger partial charge in [0.15, 0.2) is 5.78 Å². The molecule has 2 rings (SSSR count). The number of hydrogen-bond donors (Lipinski definition) is 0. The number of carbonyl (C=O) groups is 1. The van der Waals surface area contributed by atoms with Gasteiger partial charge in [0, 0.05) is 31.5 Å². The number of hydrazone groups is 1. The molecule has 1 aliphatic carbocycles. The van der Waals surface area contributed by atoms with Gasteiger partial charge in [0.05, 0.1) is 0 Å². The zero-order chi connectivity index (χ0) is 15.2. The van der Waals surface area contributed by atoms with Gasteiger partial charge in [0.25, 0.3) is 0 Å². The summed E-state index contributed by atoms with van der Waals surface area (Å²) in [7, 11) is 3.66. The summed E-state index contributed by atoms with van der Waals surface area (Å²) in [4.78, 5) is 12.4. The Balaban J connectivity index is 2.18. The molecule has 1 aliphatic rings. The highest BCUT2D eigenvalue weighted by molar-refractivity contribution is 6.13. The summed E-state index contributed by atoms with van der Waals surface area (Å²) in [6.45, 7) is 0. The fourth-order valence-corrected chi connectivity index (χ4v) is 2.22. The highest BCUT2D eigenvalue weighted by atomic mass is 19.1. The number of allylic oxidation sites excluding steroid dienone is 3. The Morgan fingerprint density at radius 1 is 1.14 bits per heavy atom. The minimum absolute atomic E-state index is 0.0655. The van der Waals surface area contributed by atoms with Gasteiger partial charge in [-0.3, -0.25) is 4.79 Å². The Labute approximate surface area is 124 Å². The summed E-state index contributed by atoms with van der Waals surface area (Å²) in [5.41, 5.74) is 2.40. The SMILES string of the molecule is CN(C)/N=C/C=C1/CCC/C(=C/c2ccc(F)cc2)C1=O. The number of hydrogen-bond acceptors (Lipinski definition) is 3. The molecule has 1 saturated carbocycles. The van der Waals surface area contributed by atoms with Crippen LogP contribution in [-0.2, 0) is 4.79 Å². The molecular weight excluding hydrogens is 267 g/mol. The molecular formula is C17H19FN2O. The molecule has 1 aromatic carbocycles. The Kier molecular flexibility index (Phi) is 5.04. The van der Waals surface area contributed by atoms with Crippen LogP contribution in [0.4, 0.5) is 4.39 Å². The van der Waals surface area contributed by atoms with Crippen molar-refractivity contribution in [1.82, 2.24) is 5.01 Å². The Morgan fingerprint density at radius 3 is 2.48 bits per heavy atom. The molecule has 0 unspecified atom stereocenters. The van der Waals surface area contributed by atoms with E-state index in [0.29, 0.717) is 0 Å². The molecule has 0 amide bonds. The van der Waals surface area contributed by atoms with Crippen molar-refractivity contribution in [2.45, 2.75) is 19.3 Å². The van der Waals surface area contributed by atoms with Gasteiger partial charge in [0.2, 0.25) is 0 Å². The molecule has 3 nitrogen and oxygen atoms in total. The monoisotopic (exact) mass is 286 g/mol. The van der Waals surface area contributed by atoms with Gasteiger partial charge in [-0.25, -0.2) is 4.39 Å². The standard InChI is InChI=1S/C17H19FN2O/c1-20(2)19-11-10-14-4-3-5-15(17(14)21)12-13-6-8-16(18)9-7-13/h6-12H,3-5H2,1-2H3/b14-10-,15-12-,19-11+. The summed E-state index contributed by atoms with van der Waals surface area (Å²) in [5, 5.41) is 5.77. The molecule has 0 saturated heterocycles. The lowest BCUT2D eigenvalue weighted by atomic mass is 9.87. The van der Waals surface area contributed by atoms with Gasteiger partial charge in [-0.05, 0) is 49.1 Å². The zero-order valence-electron chi connectivity index (χ0n) is 12.3. The number of nitrogens with zero attached hydrogens (tertiary/aromatic N) is 2. The van der Waals surface area contributed by atoms with Gasteiger partial charge in [-0.1, -0.05) is 12.1 Å². The molecule has 21 heavy (non-hydrogen) atoms. The fourth-order valence-electron chi connectivity index (χ4n) is 2.22. The topological polar surface area (TPSA) is 32.7 Å². The molecule has 0 heterocycles. The second-order valence-electron chi connectivity index (χ2n) is 5.21. The lowest BCUT2D eigenvalue weighted by molar-refractivity contribution is -0.112. The van der Waals surface area contributed by atoms with E-state index in [-0.39, 0.29) is 11.6 Å². The summed E-state index contributed by atoms with van der Waals surface area (Å²) in [6, 6.07) is 6.17. The molecule has 110 valence electrons. The van der Waals surface area contributed by atoms with E-state index in [4.69, 9.17) is 0 Å². The maximum atomic E-state index is 12.9. The lowest BCUT2D eigenvalue weighted by Crippen LogP contribution is -2.12. The molecule has 4 heteroatoms. The third kappa shape index (κ3) is 4.38. The minimum Gasteiger partial charge on any atom is -0.303 e. The first-order chi connectivity index (χ1) is 10.1. The van der Waals surface area contributed by atoms with Crippen LogP contribution >= 0.6 is 0 Å². The van der Waals surface area contributed by atoms with E-state index >= 15 is 0 Å². The van der Waals surface area contributed by atoms with Gasteiger partial charge in [-0.2, -0.15) is 5.10 Å². The number of carbonyl (C=O) groups excluding carboxylic acids is 1. The van der Waals surface area contributed by atoms with Crippen molar-refractivity contribution in [1.29, 1.82) is 0 Å². The summed E-state index contributed by atoms with van der Waals surface area (Å²) in [5.74, 6) is -0.205. The van der Waals surface area contributed by atoms with E-state index in [1.54, 1.807) is 29.4 Å². The van der Waals surface area contributed by atoms with Crippen LogP contribution in [-0.4, -0.2) is 31.1 Å². The van der Waals surface area contributed by atoms with Crippen molar-refractivity contribution in [2.75, 3.05) is 14.1 Å². The van der Waals surface area contributed by atoms with Crippen LogP contribution in [0.25, 0.3) is 6.08 Å². The summed E-state index contributed by atoms with van der Waals surface area (Å²) >= 11 is 0. The predicted molar refractivity (Wildman–Crippen MR) is 83.5 cm³/mol. The Hall–Kier alpha value is -2.23. The number of benzene rings is 1. The molecule has 1 aromatic rings. The van der Waals surface area contributed by atoms with Crippen molar-refractivity contribution in [3.05, 3.63) is 52.9 Å². The van der Waals surface area contributed by atoms with Gasteiger partial charge < -0.3 is 5.01 Å². The van der Waals surface area contributed by atoms with Crippen LogP contribution in [0.5, 0.6) is 0 Å². The van der Waals surface area contributed by atoms with Crippen LogP contribution in [0.2, 0.25) is 0 Å². The number of rotatable bonds is 3.